The van der Waals surface area contributed by atoms with Gasteiger partial charge in [0.1, 0.15) is 0 Å². The van der Waals surface area contributed by atoms with Crippen molar-refractivity contribution in [2.75, 3.05) is 18.4 Å². The number of hydrogen-bond donors (Lipinski definition) is 2. The Labute approximate surface area is 103 Å². The summed E-state index contributed by atoms with van der Waals surface area (Å²) in [6.45, 7) is 10.7. The fourth-order valence-electron chi connectivity index (χ4n) is 2.30. The first-order valence-electron chi connectivity index (χ1n) is 6.46. The van der Waals surface area contributed by atoms with Crippen molar-refractivity contribution < 1.29 is 0 Å². The fraction of sp³-hybridized carbons (Fsp3) is 0.692. The third kappa shape index (κ3) is 2.57. The molecule has 0 radical (unpaired) electrons. The van der Waals surface area contributed by atoms with E-state index in [1.54, 1.807) is 0 Å². The van der Waals surface area contributed by atoms with Gasteiger partial charge in [0.15, 0.2) is 0 Å². The second-order valence-electron chi connectivity index (χ2n) is 5.00. The van der Waals surface area contributed by atoms with Crippen LogP contribution in [0.1, 0.15) is 43.6 Å². The molecule has 1 aliphatic heterocycles. The zero-order chi connectivity index (χ0) is 12.4. The number of aryl methyl sites for hydroxylation is 2. The lowest BCUT2D eigenvalue weighted by Gasteiger charge is -2.28. The summed E-state index contributed by atoms with van der Waals surface area (Å²) in [5, 5.41) is 6.61. The first kappa shape index (κ1) is 12.3. The largest absolute Gasteiger partial charge is 0.349 e. The van der Waals surface area contributed by atoms with Gasteiger partial charge in [0, 0.05) is 24.5 Å². The minimum Gasteiger partial charge on any atom is -0.349 e. The molecule has 0 aliphatic carbocycles. The summed E-state index contributed by atoms with van der Waals surface area (Å²) in [5.41, 5.74) is 3.61. The van der Waals surface area contributed by atoms with E-state index < -0.39 is 0 Å². The molecule has 17 heavy (non-hydrogen) atoms. The van der Waals surface area contributed by atoms with Crippen LogP contribution in [0.4, 0.5) is 5.95 Å². The molecule has 0 spiro atoms. The lowest BCUT2D eigenvalue weighted by atomic mass is 9.98. The maximum absolute atomic E-state index is 4.65. The second-order valence-corrected chi connectivity index (χ2v) is 5.00. The fourth-order valence-corrected chi connectivity index (χ4v) is 2.30. The van der Waals surface area contributed by atoms with Gasteiger partial charge in [-0.2, -0.15) is 0 Å². The van der Waals surface area contributed by atoms with Gasteiger partial charge in [-0.05, 0) is 24.8 Å². The number of rotatable bonds is 4. The Hall–Kier alpha value is -1.16. The van der Waals surface area contributed by atoms with E-state index in [1.807, 2.05) is 0 Å². The molecule has 1 aromatic rings. The van der Waals surface area contributed by atoms with Gasteiger partial charge < -0.3 is 10.6 Å². The van der Waals surface area contributed by atoms with Crippen LogP contribution in [0.3, 0.4) is 0 Å². The highest BCUT2D eigenvalue weighted by Gasteiger charge is 2.19. The predicted molar refractivity (Wildman–Crippen MR) is 70.5 cm³/mol. The highest BCUT2D eigenvalue weighted by atomic mass is 15.2. The van der Waals surface area contributed by atoms with Crippen LogP contribution >= 0.6 is 0 Å². The smallest absolute Gasteiger partial charge is 0.223 e. The van der Waals surface area contributed by atoms with Crippen molar-refractivity contribution in [1.82, 2.24) is 15.3 Å². The third-order valence-electron chi connectivity index (χ3n) is 3.24. The Morgan fingerprint density at radius 1 is 1.35 bits per heavy atom. The number of anilines is 1. The van der Waals surface area contributed by atoms with Gasteiger partial charge in [-0.25, -0.2) is 9.97 Å². The number of nitrogens with zero attached hydrogens (tertiary/aromatic N) is 2. The minimum atomic E-state index is 0.490. The zero-order valence-electron chi connectivity index (χ0n) is 11.2. The van der Waals surface area contributed by atoms with Crippen molar-refractivity contribution in [1.29, 1.82) is 0 Å². The second kappa shape index (κ2) is 5.00. The van der Waals surface area contributed by atoms with Gasteiger partial charge in [0.2, 0.25) is 5.95 Å². The van der Waals surface area contributed by atoms with Crippen molar-refractivity contribution >= 4 is 5.95 Å². The predicted octanol–water partition coefficient (Wildman–Crippen LogP) is 1.85. The topological polar surface area (TPSA) is 49.8 Å². The van der Waals surface area contributed by atoms with E-state index in [9.17, 15) is 0 Å². The molecule has 1 saturated heterocycles. The van der Waals surface area contributed by atoms with Crippen molar-refractivity contribution in [3.63, 3.8) is 0 Å². The van der Waals surface area contributed by atoms with Crippen LogP contribution in [0.25, 0.3) is 0 Å². The monoisotopic (exact) mass is 234 g/mol. The summed E-state index contributed by atoms with van der Waals surface area (Å²) in [5.74, 6) is 1.28. The molecule has 0 bridgehead atoms. The maximum atomic E-state index is 4.65. The number of hydrogen-bond acceptors (Lipinski definition) is 4. The van der Waals surface area contributed by atoms with E-state index in [2.05, 4.69) is 48.3 Å². The van der Waals surface area contributed by atoms with E-state index in [1.165, 1.54) is 11.3 Å². The van der Waals surface area contributed by atoms with E-state index in [-0.39, 0.29) is 0 Å². The first-order chi connectivity index (χ1) is 8.11. The van der Waals surface area contributed by atoms with E-state index in [0.717, 1.165) is 31.2 Å². The van der Waals surface area contributed by atoms with Crippen molar-refractivity contribution in [3.05, 3.63) is 17.0 Å². The first-order valence-corrected chi connectivity index (χ1v) is 6.46. The lowest BCUT2D eigenvalue weighted by molar-refractivity contribution is 0.469. The SMILES string of the molecule is CCc1nc(NC2CNC2)nc(C)c1C(C)C. The van der Waals surface area contributed by atoms with Gasteiger partial charge in [0.25, 0.3) is 0 Å². The van der Waals surface area contributed by atoms with Crippen LogP contribution in [-0.2, 0) is 6.42 Å². The quantitative estimate of drug-likeness (QED) is 0.835. The molecule has 0 aromatic carbocycles. The summed E-state index contributed by atoms with van der Waals surface area (Å²) in [4.78, 5) is 9.22. The van der Waals surface area contributed by atoms with Crippen LogP contribution < -0.4 is 10.6 Å². The highest BCUT2D eigenvalue weighted by molar-refractivity contribution is 5.37. The lowest BCUT2D eigenvalue weighted by Crippen LogP contribution is -2.51. The van der Waals surface area contributed by atoms with Crippen molar-refractivity contribution in [2.45, 2.75) is 46.1 Å². The Balaban J connectivity index is 2.26. The van der Waals surface area contributed by atoms with Gasteiger partial charge >= 0.3 is 0 Å². The summed E-state index contributed by atoms with van der Waals surface area (Å²) in [7, 11) is 0. The van der Waals surface area contributed by atoms with Crippen LogP contribution in [0.5, 0.6) is 0 Å². The average Bonchev–Trinajstić information content (AvgIpc) is 2.21. The molecule has 94 valence electrons. The maximum Gasteiger partial charge on any atom is 0.223 e. The molecule has 1 fully saturated rings. The Bertz CT molecular complexity index is 397. The molecule has 2 heterocycles. The van der Waals surface area contributed by atoms with E-state index in [4.69, 9.17) is 0 Å². The Kier molecular flexibility index (Phi) is 3.62. The molecular formula is C13H22N4. The highest BCUT2D eigenvalue weighted by Crippen LogP contribution is 2.23. The average molecular weight is 234 g/mol. The summed E-state index contributed by atoms with van der Waals surface area (Å²) in [6, 6.07) is 0.490. The summed E-state index contributed by atoms with van der Waals surface area (Å²) in [6.07, 6.45) is 0.967. The molecule has 1 aliphatic rings. The molecule has 4 nitrogen and oxygen atoms in total. The standard InChI is InChI=1S/C13H22N4/c1-5-11-12(8(2)3)9(4)15-13(17-11)16-10-6-14-7-10/h8,10,14H,5-7H2,1-4H3,(H,15,16,17). The van der Waals surface area contributed by atoms with E-state index in [0.29, 0.717) is 12.0 Å². The van der Waals surface area contributed by atoms with Crippen LogP contribution in [-0.4, -0.2) is 29.1 Å². The van der Waals surface area contributed by atoms with Gasteiger partial charge in [-0.1, -0.05) is 20.8 Å². The Morgan fingerprint density at radius 2 is 2.06 bits per heavy atom. The normalized spacial score (nSPS) is 16.1. The van der Waals surface area contributed by atoms with Crippen LogP contribution in [0.2, 0.25) is 0 Å². The molecule has 2 N–H and O–H groups in total. The van der Waals surface area contributed by atoms with E-state index >= 15 is 0 Å². The molecule has 0 saturated carbocycles. The third-order valence-corrected chi connectivity index (χ3v) is 3.24. The minimum absolute atomic E-state index is 0.490. The van der Waals surface area contributed by atoms with Gasteiger partial charge in [-0.3, -0.25) is 0 Å². The van der Waals surface area contributed by atoms with Gasteiger partial charge in [0.05, 0.1) is 6.04 Å². The van der Waals surface area contributed by atoms with Crippen LogP contribution in [0.15, 0.2) is 0 Å². The number of aromatic nitrogens is 2. The zero-order valence-corrected chi connectivity index (χ0v) is 11.2. The summed E-state index contributed by atoms with van der Waals surface area (Å²) < 4.78 is 0. The van der Waals surface area contributed by atoms with Crippen LogP contribution in [0, 0.1) is 6.92 Å². The molecule has 1 aromatic heterocycles. The molecular weight excluding hydrogens is 212 g/mol. The molecule has 0 unspecified atom stereocenters. The number of nitrogens with one attached hydrogen (secondary N) is 2. The Morgan fingerprint density at radius 3 is 2.53 bits per heavy atom. The summed E-state index contributed by atoms with van der Waals surface area (Å²) >= 11 is 0. The molecule has 2 rings (SSSR count). The molecule has 0 amide bonds. The van der Waals surface area contributed by atoms with Crippen molar-refractivity contribution in [2.24, 2.45) is 0 Å². The molecule has 4 heteroatoms. The van der Waals surface area contributed by atoms with Gasteiger partial charge in [-0.15, -0.1) is 0 Å². The molecule has 0 atom stereocenters. The van der Waals surface area contributed by atoms with Crippen molar-refractivity contribution in [3.8, 4) is 0 Å².